The zero-order valence-electron chi connectivity index (χ0n) is 54.6. The lowest BCUT2D eigenvalue weighted by Gasteiger charge is -2.48. The van der Waals surface area contributed by atoms with E-state index in [0.29, 0.717) is 12.8 Å². The van der Waals surface area contributed by atoms with Gasteiger partial charge in [0, 0.05) is 6.42 Å². The summed E-state index contributed by atoms with van der Waals surface area (Å²) in [6.45, 7) is 1.69. The van der Waals surface area contributed by atoms with Gasteiger partial charge in [-0.2, -0.15) is 0 Å². The molecule has 0 radical (unpaired) electrons. The Morgan fingerprint density at radius 3 is 1.21 bits per heavy atom. The number of carbonyl (C=O) groups is 1. The lowest BCUT2D eigenvalue weighted by Crippen LogP contribution is -2.66. The van der Waals surface area contributed by atoms with Crippen LogP contribution in [0.15, 0.2) is 60.8 Å². The predicted molar refractivity (Wildman–Crippen MR) is 346 cm³/mol. The highest BCUT2D eigenvalue weighted by molar-refractivity contribution is 5.76. The topological polar surface area (TPSA) is 307 Å². The van der Waals surface area contributed by atoms with Crippen LogP contribution in [0.4, 0.5) is 0 Å². The molecule has 3 aliphatic rings. The zero-order chi connectivity index (χ0) is 64.7. The van der Waals surface area contributed by atoms with E-state index < -0.39 is 124 Å². The number of unbranched alkanes of at least 4 members (excludes halogenated alkanes) is 27. The molecule has 0 aliphatic carbocycles. The molecule has 12 N–H and O–H groups in total. The van der Waals surface area contributed by atoms with Crippen molar-refractivity contribution < 1.29 is 89.4 Å². The summed E-state index contributed by atoms with van der Waals surface area (Å²) in [6, 6.07) is -0.892. The summed E-state index contributed by atoms with van der Waals surface area (Å²) < 4.78 is 34.4. The van der Waals surface area contributed by atoms with Gasteiger partial charge in [-0.25, -0.2) is 0 Å². The van der Waals surface area contributed by atoms with Crippen molar-refractivity contribution in [3.8, 4) is 0 Å². The number of hydrogen-bond acceptors (Lipinski definition) is 18. The Labute approximate surface area is 535 Å². The van der Waals surface area contributed by atoms with Crippen LogP contribution in [0.3, 0.4) is 0 Å². The number of ether oxygens (including phenoxy) is 6. The van der Waals surface area contributed by atoms with Crippen LogP contribution in [0.25, 0.3) is 0 Å². The molecule has 3 heterocycles. The molecule has 3 rings (SSSR count). The number of hydrogen-bond donors (Lipinski definition) is 12. The van der Waals surface area contributed by atoms with Gasteiger partial charge >= 0.3 is 0 Å². The van der Waals surface area contributed by atoms with Gasteiger partial charge < -0.3 is 89.9 Å². The lowest BCUT2D eigenvalue weighted by atomic mass is 9.96. The number of rotatable bonds is 53. The Kier molecular flexibility index (Phi) is 47.0. The smallest absolute Gasteiger partial charge is 0.220 e. The van der Waals surface area contributed by atoms with Gasteiger partial charge in [0.25, 0.3) is 0 Å². The molecule has 0 aromatic rings. The monoisotopic (exact) mass is 1270 g/mol. The van der Waals surface area contributed by atoms with E-state index in [1.807, 2.05) is 0 Å². The predicted octanol–water partition coefficient (Wildman–Crippen LogP) is 9.16. The summed E-state index contributed by atoms with van der Waals surface area (Å²) >= 11 is 0. The SMILES string of the molecule is CC/C=C\C/C=C\C/C=C\C/C=C\C/C=C\CCCCCCCCCCCCCC(=O)NC(COC1OC(CO)C(OC2OC(CO)C(OC3OC(CO)C(O)C(O)C3O)C(O)C2O)C(O)C1O)C(O)CCCCCCCCCCCCCCCCCCC. The second-order valence-corrected chi connectivity index (χ2v) is 25.0. The van der Waals surface area contributed by atoms with E-state index in [2.05, 4.69) is 79.9 Å². The molecule has 17 unspecified atom stereocenters. The van der Waals surface area contributed by atoms with Gasteiger partial charge in [0.2, 0.25) is 5.91 Å². The van der Waals surface area contributed by atoms with Gasteiger partial charge in [0.05, 0.1) is 38.6 Å². The Balaban J connectivity index is 1.42. The minimum atomic E-state index is -1.97. The van der Waals surface area contributed by atoms with Crippen molar-refractivity contribution in [1.82, 2.24) is 5.32 Å². The van der Waals surface area contributed by atoms with Gasteiger partial charge in [0.15, 0.2) is 18.9 Å². The largest absolute Gasteiger partial charge is 0.394 e. The zero-order valence-corrected chi connectivity index (χ0v) is 54.6. The summed E-state index contributed by atoms with van der Waals surface area (Å²) in [5.74, 6) is -0.247. The van der Waals surface area contributed by atoms with Crippen molar-refractivity contribution in [2.75, 3.05) is 26.4 Å². The van der Waals surface area contributed by atoms with Crippen molar-refractivity contribution in [3.63, 3.8) is 0 Å². The van der Waals surface area contributed by atoms with Crippen molar-refractivity contribution in [3.05, 3.63) is 60.8 Å². The van der Waals surface area contributed by atoms with Crippen LogP contribution in [0.1, 0.15) is 245 Å². The van der Waals surface area contributed by atoms with Crippen LogP contribution in [-0.2, 0) is 33.2 Å². The first-order chi connectivity index (χ1) is 43.3. The number of nitrogens with one attached hydrogen (secondary N) is 1. The Morgan fingerprint density at radius 2 is 0.775 bits per heavy atom. The highest BCUT2D eigenvalue weighted by atomic mass is 16.8. The van der Waals surface area contributed by atoms with Crippen molar-refractivity contribution in [2.24, 2.45) is 0 Å². The van der Waals surface area contributed by atoms with E-state index in [0.717, 1.165) is 83.5 Å². The fraction of sp³-hybridized carbons (Fsp3) is 0.843. The fourth-order valence-electron chi connectivity index (χ4n) is 11.7. The maximum absolute atomic E-state index is 13.4. The fourth-order valence-corrected chi connectivity index (χ4v) is 11.7. The number of allylic oxidation sites excluding steroid dienone is 10. The van der Waals surface area contributed by atoms with Gasteiger partial charge in [-0.3, -0.25) is 4.79 Å². The first-order valence-corrected chi connectivity index (χ1v) is 35.0. The molecule has 0 aromatic carbocycles. The minimum absolute atomic E-state index is 0.247. The average molecular weight is 1270 g/mol. The number of aliphatic hydroxyl groups is 11. The van der Waals surface area contributed by atoms with Gasteiger partial charge in [0.1, 0.15) is 73.2 Å². The molecule has 518 valence electrons. The molecule has 3 aliphatic heterocycles. The van der Waals surface area contributed by atoms with E-state index in [-0.39, 0.29) is 18.9 Å². The Morgan fingerprint density at radius 1 is 0.416 bits per heavy atom. The molecule has 3 saturated heterocycles. The van der Waals surface area contributed by atoms with E-state index in [4.69, 9.17) is 28.4 Å². The Hall–Kier alpha value is -2.51. The normalized spacial score (nSPS) is 28.6. The molecule has 17 atom stereocenters. The van der Waals surface area contributed by atoms with Crippen LogP contribution >= 0.6 is 0 Å². The number of aliphatic hydroxyl groups excluding tert-OH is 11. The van der Waals surface area contributed by atoms with Gasteiger partial charge in [-0.15, -0.1) is 0 Å². The second-order valence-electron chi connectivity index (χ2n) is 25.0. The second kappa shape index (κ2) is 51.8. The van der Waals surface area contributed by atoms with E-state index in [1.54, 1.807) is 0 Å². The third kappa shape index (κ3) is 33.9. The highest BCUT2D eigenvalue weighted by Gasteiger charge is 2.53. The molecule has 19 nitrogen and oxygen atoms in total. The van der Waals surface area contributed by atoms with Crippen molar-refractivity contribution in [1.29, 1.82) is 0 Å². The molecular weight excluding hydrogens is 1140 g/mol. The quantitative estimate of drug-likeness (QED) is 0.0199. The average Bonchev–Trinajstić information content (AvgIpc) is 2.46. The summed E-state index contributed by atoms with van der Waals surface area (Å²) in [5, 5.41) is 121. The molecule has 0 spiro atoms. The van der Waals surface area contributed by atoms with Crippen molar-refractivity contribution >= 4 is 5.91 Å². The molecule has 0 bridgehead atoms. The van der Waals surface area contributed by atoms with E-state index in [1.165, 1.54) is 128 Å². The summed E-state index contributed by atoms with van der Waals surface area (Å²) in [4.78, 5) is 13.4. The lowest BCUT2D eigenvalue weighted by molar-refractivity contribution is -0.379. The maximum Gasteiger partial charge on any atom is 0.220 e. The first-order valence-electron chi connectivity index (χ1n) is 35.0. The Bertz CT molecular complexity index is 1850. The number of amides is 1. The molecule has 0 saturated carbocycles. The summed E-state index contributed by atoms with van der Waals surface area (Å²) in [6.07, 6.45) is 35.7. The summed E-state index contributed by atoms with van der Waals surface area (Å²) in [5.41, 5.74) is 0. The highest BCUT2D eigenvalue weighted by Crippen LogP contribution is 2.33. The van der Waals surface area contributed by atoms with E-state index >= 15 is 0 Å². The third-order valence-corrected chi connectivity index (χ3v) is 17.4. The standard InChI is InChI=1S/C70H125NO18/c1-3-5-7-9-11-13-15-17-19-21-22-23-24-25-26-27-28-29-30-32-34-36-38-40-42-44-46-48-58(76)71-53(54(75)47-45-43-41-39-37-35-33-31-20-18-16-14-12-10-8-6-4-2)52-84-68-64(82)61(79)66(56(50-73)86-68)89-70-65(83)62(80)67(57(51-74)87-70)88-69-63(81)60(78)59(77)55(49-72)85-69/h5,7,11,13,17,19,22-23,25-26,53-57,59-70,72-75,77-83H,3-4,6,8-10,12,14-16,18,20-21,24,27-52H2,1-2H3,(H,71,76)/b7-5-,13-11-,19-17-,23-22-,26-25-. The van der Waals surface area contributed by atoms with Crippen LogP contribution in [0.5, 0.6) is 0 Å². The van der Waals surface area contributed by atoms with E-state index in [9.17, 15) is 61.0 Å². The minimum Gasteiger partial charge on any atom is -0.394 e. The van der Waals surface area contributed by atoms with Gasteiger partial charge in [-0.1, -0.05) is 242 Å². The molecule has 89 heavy (non-hydrogen) atoms. The van der Waals surface area contributed by atoms with Crippen LogP contribution in [-0.4, -0.2) is 193 Å². The molecule has 1 amide bonds. The third-order valence-electron chi connectivity index (χ3n) is 17.4. The molecule has 0 aromatic heterocycles. The molecule has 3 fully saturated rings. The molecular formula is C70H125NO18. The number of carbonyl (C=O) groups excluding carboxylic acids is 1. The summed E-state index contributed by atoms with van der Waals surface area (Å²) in [7, 11) is 0. The first kappa shape index (κ1) is 80.7. The maximum atomic E-state index is 13.4. The van der Waals surface area contributed by atoms with Crippen molar-refractivity contribution in [2.45, 2.75) is 349 Å². The van der Waals surface area contributed by atoms with Crippen LogP contribution < -0.4 is 5.32 Å². The van der Waals surface area contributed by atoms with Crippen LogP contribution in [0, 0.1) is 0 Å². The molecule has 19 heteroatoms. The van der Waals surface area contributed by atoms with Gasteiger partial charge in [-0.05, 0) is 57.8 Å². The van der Waals surface area contributed by atoms with Crippen LogP contribution in [0.2, 0.25) is 0 Å².